The number of fused-ring (bicyclic) bond motifs is 1. The summed E-state index contributed by atoms with van der Waals surface area (Å²) in [6, 6.07) is 6.25. The van der Waals surface area contributed by atoms with Crippen LogP contribution in [0, 0.1) is 0 Å². The van der Waals surface area contributed by atoms with Crippen molar-refractivity contribution in [2.75, 3.05) is 5.43 Å². The maximum absolute atomic E-state index is 11.9. The fourth-order valence-corrected chi connectivity index (χ4v) is 1.71. The minimum Gasteiger partial charge on any atom is -0.507 e. The van der Waals surface area contributed by atoms with Crippen LogP contribution in [0.3, 0.4) is 0 Å². The molecule has 4 N–H and O–H groups in total. The zero-order chi connectivity index (χ0) is 13.9. The summed E-state index contributed by atoms with van der Waals surface area (Å²) in [5.41, 5.74) is 5.85. The van der Waals surface area contributed by atoms with Crippen molar-refractivity contribution in [3.8, 4) is 5.75 Å². The molecule has 0 fully saturated rings. The van der Waals surface area contributed by atoms with Crippen LogP contribution in [0.25, 0.3) is 11.0 Å². The first-order valence-corrected chi connectivity index (χ1v) is 5.74. The van der Waals surface area contributed by atoms with Crippen LogP contribution in [0.4, 0.5) is 5.82 Å². The third-order valence-electron chi connectivity index (χ3n) is 2.69. The predicted octanol–water partition coefficient (Wildman–Crippen LogP) is 0.815. The first kappa shape index (κ1) is 11.9. The molecule has 0 aliphatic heterocycles. The van der Waals surface area contributed by atoms with Crippen LogP contribution in [0.5, 0.6) is 5.75 Å². The predicted molar refractivity (Wildman–Crippen MR) is 70.9 cm³/mol. The van der Waals surface area contributed by atoms with Crippen molar-refractivity contribution in [3.63, 3.8) is 0 Å². The molecule has 0 aliphatic rings. The average molecular weight is 270 g/mol. The summed E-state index contributed by atoms with van der Waals surface area (Å²) in [5.74, 6) is -0.158. The number of aromatic nitrogens is 4. The highest BCUT2D eigenvalue weighted by Crippen LogP contribution is 2.17. The molecular formula is C12H10N6O2. The van der Waals surface area contributed by atoms with Gasteiger partial charge in [-0.05, 0) is 12.1 Å². The number of amides is 1. The lowest BCUT2D eigenvalue weighted by Crippen LogP contribution is -2.29. The van der Waals surface area contributed by atoms with Crippen molar-refractivity contribution in [2.45, 2.75) is 0 Å². The molecule has 3 rings (SSSR count). The third kappa shape index (κ3) is 2.09. The molecule has 0 bridgehead atoms. The van der Waals surface area contributed by atoms with Crippen molar-refractivity contribution in [1.82, 2.24) is 25.6 Å². The number of aromatic hydroxyl groups is 1. The number of carbonyl (C=O) groups excluding carboxylic acids is 1. The first-order chi connectivity index (χ1) is 9.75. The highest BCUT2D eigenvalue weighted by Gasteiger charge is 2.11. The van der Waals surface area contributed by atoms with Crippen LogP contribution in [-0.2, 0) is 0 Å². The highest BCUT2D eigenvalue weighted by atomic mass is 16.3. The number of hydrazine groups is 1. The Morgan fingerprint density at radius 1 is 1.25 bits per heavy atom. The van der Waals surface area contributed by atoms with Gasteiger partial charge in [0.1, 0.15) is 12.1 Å². The zero-order valence-electron chi connectivity index (χ0n) is 10.2. The van der Waals surface area contributed by atoms with Crippen LogP contribution in [0.2, 0.25) is 0 Å². The van der Waals surface area contributed by atoms with Gasteiger partial charge >= 0.3 is 0 Å². The van der Waals surface area contributed by atoms with E-state index < -0.39 is 5.91 Å². The van der Waals surface area contributed by atoms with Crippen LogP contribution >= 0.6 is 0 Å². The number of nitrogens with zero attached hydrogens (tertiary/aromatic N) is 3. The Morgan fingerprint density at radius 3 is 2.95 bits per heavy atom. The Bertz CT molecular complexity index is 769. The Labute approximate surface area is 112 Å². The quantitative estimate of drug-likeness (QED) is 0.523. The second kappa shape index (κ2) is 4.84. The molecule has 8 nitrogen and oxygen atoms in total. The van der Waals surface area contributed by atoms with Crippen LogP contribution < -0.4 is 10.9 Å². The van der Waals surface area contributed by atoms with Gasteiger partial charge in [0.15, 0.2) is 11.5 Å². The van der Waals surface area contributed by atoms with Crippen molar-refractivity contribution >= 4 is 22.8 Å². The Balaban J connectivity index is 1.78. The number of hydrogen-bond donors (Lipinski definition) is 4. The molecule has 0 atom stereocenters. The molecule has 100 valence electrons. The summed E-state index contributed by atoms with van der Waals surface area (Å²) in [6.45, 7) is 0. The fourth-order valence-electron chi connectivity index (χ4n) is 1.71. The molecule has 2 heterocycles. The van der Waals surface area contributed by atoms with Gasteiger partial charge in [0.05, 0.1) is 17.1 Å². The van der Waals surface area contributed by atoms with Crippen molar-refractivity contribution in [3.05, 3.63) is 42.4 Å². The number of H-pyrrole nitrogens is 1. The van der Waals surface area contributed by atoms with Gasteiger partial charge in [-0.3, -0.25) is 20.7 Å². The van der Waals surface area contributed by atoms with Gasteiger partial charge in [-0.15, -0.1) is 0 Å². The van der Waals surface area contributed by atoms with E-state index in [9.17, 15) is 9.90 Å². The molecular weight excluding hydrogens is 260 g/mol. The standard InChI is InChI=1S/C12H10N6O2/c19-9-4-2-1-3-7(9)12(20)18-17-11-8-5-15-16-10(8)13-6-14-11/h1-6,19H,(H,18,20)(H2,13,14,15,16,17). The van der Waals surface area contributed by atoms with E-state index >= 15 is 0 Å². The number of para-hydroxylation sites is 1. The van der Waals surface area contributed by atoms with Gasteiger partial charge in [-0.2, -0.15) is 5.10 Å². The van der Waals surface area contributed by atoms with E-state index in [1.165, 1.54) is 18.5 Å². The number of aromatic amines is 1. The number of phenols is 1. The van der Waals surface area contributed by atoms with E-state index in [0.29, 0.717) is 16.9 Å². The molecule has 0 radical (unpaired) electrons. The summed E-state index contributed by atoms with van der Waals surface area (Å²) >= 11 is 0. The molecule has 0 spiro atoms. The van der Waals surface area contributed by atoms with Crippen LogP contribution in [0.1, 0.15) is 10.4 Å². The van der Waals surface area contributed by atoms with E-state index in [2.05, 4.69) is 31.0 Å². The summed E-state index contributed by atoms with van der Waals surface area (Å²) < 4.78 is 0. The number of rotatable bonds is 3. The second-order valence-corrected chi connectivity index (χ2v) is 3.95. The van der Waals surface area contributed by atoms with E-state index in [1.54, 1.807) is 18.3 Å². The Morgan fingerprint density at radius 2 is 2.10 bits per heavy atom. The Kier molecular flexibility index (Phi) is 2.88. The molecule has 0 saturated carbocycles. The molecule has 8 heteroatoms. The molecule has 0 unspecified atom stereocenters. The number of phenolic OH excluding ortho intramolecular Hbond substituents is 1. The normalized spacial score (nSPS) is 10.4. The lowest BCUT2D eigenvalue weighted by molar-refractivity contribution is 0.0960. The van der Waals surface area contributed by atoms with E-state index in [-0.39, 0.29) is 11.3 Å². The van der Waals surface area contributed by atoms with Gasteiger partial charge in [0, 0.05) is 0 Å². The molecule has 1 amide bonds. The molecule has 1 aromatic carbocycles. The number of anilines is 1. The lowest BCUT2D eigenvalue weighted by Gasteiger charge is -2.08. The SMILES string of the molecule is O=C(NNc1ncnc2[nH]ncc12)c1ccccc1O. The number of carbonyl (C=O) groups is 1. The summed E-state index contributed by atoms with van der Waals surface area (Å²) in [5, 5.41) is 16.8. The molecule has 0 aliphatic carbocycles. The van der Waals surface area contributed by atoms with Gasteiger partial charge in [-0.25, -0.2) is 9.97 Å². The smallest absolute Gasteiger partial charge is 0.273 e. The van der Waals surface area contributed by atoms with E-state index in [4.69, 9.17) is 0 Å². The second-order valence-electron chi connectivity index (χ2n) is 3.95. The average Bonchev–Trinajstić information content (AvgIpc) is 2.94. The molecule has 20 heavy (non-hydrogen) atoms. The van der Waals surface area contributed by atoms with Crippen molar-refractivity contribution in [1.29, 1.82) is 0 Å². The summed E-state index contributed by atoms with van der Waals surface area (Å²) in [6.07, 6.45) is 2.89. The van der Waals surface area contributed by atoms with E-state index in [0.717, 1.165) is 0 Å². The van der Waals surface area contributed by atoms with Crippen molar-refractivity contribution in [2.24, 2.45) is 0 Å². The van der Waals surface area contributed by atoms with Crippen molar-refractivity contribution < 1.29 is 9.90 Å². The fraction of sp³-hybridized carbons (Fsp3) is 0. The summed E-state index contributed by atoms with van der Waals surface area (Å²) in [4.78, 5) is 19.9. The topological polar surface area (TPSA) is 116 Å². The molecule has 2 aromatic heterocycles. The number of benzene rings is 1. The molecule has 0 saturated heterocycles. The first-order valence-electron chi connectivity index (χ1n) is 5.74. The number of nitrogens with one attached hydrogen (secondary N) is 3. The van der Waals surface area contributed by atoms with Gasteiger partial charge in [-0.1, -0.05) is 12.1 Å². The maximum atomic E-state index is 11.9. The zero-order valence-corrected chi connectivity index (χ0v) is 10.2. The number of hydrogen-bond acceptors (Lipinski definition) is 6. The van der Waals surface area contributed by atoms with E-state index in [1.807, 2.05) is 0 Å². The Hall–Kier alpha value is -3.16. The monoisotopic (exact) mass is 270 g/mol. The minimum atomic E-state index is -0.474. The minimum absolute atomic E-state index is 0.0945. The third-order valence-corrected chi connectivity index (χ3v) is 2.69. The van der Waals surface area contributed by atoms with Gasteiger partial charge < -0.3 is 5.11 Å². The maximum Gasteiger partial charge on any atom is 0.273 e. The van der Waals surface area contributed by atoms with Gasteiger partial charge in [0.25, 0.3) is 5.91 Å². The van der Waals surface area contributed by atoms with Crippen LogP contribution in [0.15, 0.2) is 36.8 Å². The highest BCUT2D eigenvalue weighted by molar-refractivity contribution is 5.98. The summed E-state index contributed by atoms with van der Waals surface area (Å²) in [7, 11) is 0. The largest absolute Gasteiger partial charge is 0.507 e. The molecule has 3 aromatic rings. The van der Waals surface area contributed by atoms with Crippen LogP contribution in [-0.4, -0.2) is 31.2 Å². The lowest BCUT2D eigenvalue weighted by atomic mass is 10.2. The van der Waals surface area contributed by atoms with Gasteiger partial charge in [0.2, 0.25) is 0 Å².